The number of nitrogens with zero attached hydrogens (tertiary/aromatic N) is 5. The predicted molar refractivity (Wildman–Crippen MR) is 87.9 cm³/mol. The van der Waals surface area contributed by atoms with Crippen LogP contribution in [0.5, 0.6) is 0 Å². The number of nitrogens with two attached hydrogens (primary N) is 1. The average molecular weight is 314 g/mol. The number of rotatable bonds is 2. The Morgan fingerprint density at radius 3 is 2.04 bits per heavy atom. The Hall–Kier alpha value is -2.69. The molecule has 23 heavy (non-hydrogen) atoms. The second-order valence-corrected chi connectivity index (χ2v) is 7.44. The second-order valence-electron chi connectivity index (χ2n) is 7.44. The Balaban J connectivity index is 2.46. The van der Waals surface area contributed by atoms with Gasteiger partial charge in [-0.2, -0.15) is 15.5 Å². The van der Waals surface area contributed by atoms with E-state index in [0.29, 0.717) is 34.3 Å². The predicted octanol–water partition coefficient (Wildman–Crippen LogP) is 3.60. The van der Waals surface area contributed by atoms with Crippen LogP contribution in [0.15, 0.2) is 10.2 Å². The number of nitrogens with one attached hydrogen (secondary N) is 2. The van der Waals surface area contributed by atoms with Crippen LogP contribution in [0, 0.1) is 11.3 Å². The van der Waals surface area contributed by atoms with Gasteiger partial charge in [-0.3, -0.25) is 10.2 Å². The molecular formula is C15H22N8. The van der Waals surface area contributed by atoms with Crippen molar-refractivity contribution in [2.75, 3.05) is 5.73 Å². The fourth-order valence-electron chi connectivity index (χ4n) is 2.13. The van der Waals surface area contributed by atoms with Crippen molar-refractivity contribution >= 4 is 17.3 Å². The molecule has 2 aromatic rings. The molecule has 0 aliphatic heterocycles. The van der Waals surface area contributed by atoms with E-state index < -0.39 is 0 Å². The molecule has 0 atom stereocenters. The van der Waals surface area contributed by atoms with E-state index in [1.165, 1.54) is 0 Å². The number of nitrogen functional groups attached to an aromatic ring is 1. The first-order chi connectivity index (χ1) is 10.6. The smallest absolute Gasteiger partial charge is 0.188 e. The standard InChI is InChI=1S/C15H22N8/c1-14(2,3)10-8(7-16)13(23-19-10)22-18-9-11(15(4,5)6)20-21-12(9)17/h1-6H3,(H,19,23)(H3,17,20,21)/b22-18+. The summed E-state index contributed by atoms with van der Waals surface area (Å²) < 4.78 is 0. The summed E-state index contributed by atoms with van der Waals surface area (Å²) in [4.78, 5) is 0. The van der Waals surface area contributed by atoms with Gasteiger partial charge in [0.05, 0.1) is 11.4 Å². The number of aromatic nitrogens is 4. The van der Waals surface area contributed by atoms with Gasteiger partial charge in [0.25, 0.3) is 0 Å². The molecule has 0 fully saturated rings. The Labute approximate surface area is 135 Å². The summed E-state index contributed by atoms with van der Waals surface area (Å²) in [6.07, 6.45) is 0. The van der Waals surface area contributed by atoms with Crippen molar-refractivity contribution in [1.29, 1.82) is 5.26 Å². The first-order valence-electron chi connectivity index (χ1n) is 7.30. The van der Waals surface area contributed by atoms with Crippen LogP contribution in [0.1, 0.15) is 58.5 Å². The average Bonchev–Trinajstić information content (AvgIpc) is 2.98. The molecule has 0 aliphatic rings. The van der Waals surface area contributed by atoms with Gasteiger partial charge in [0.1, 0.15) is 17.5 Å². The van der Waals surface area contributed by atoms with Crippen molar-refractivity contribution in [2.45, 2.75) is 52.4 Å². The van der Waals surface area contributed by atoms with E-state index in [9.17, 15) is 5.26 Å². The lowest BCUT2D eigenvalue weighted by molar-refractivity contribution is 0.565. The molecule has 2 heterocycles. The van der Waals surface area contributed by atoms with Gasteiger partial charge < -0.3 is 5.73 Å². The van der Waals surface area contributed by atoms with Crippen LogP contribution in [-0.4, -0.2) is 20.4 Å². The van der Waals surface area contributed by atoms with Crippen LogP contribution in [0.2, 0.25) is 0 Å². The van der Waals surface area contributed by atoms with Gasteiger partial charge in [0.15, 0.2) is 11.5 Å². The number of aromatic amines is 2. The Morgan fingerprint density at radius 1 is 0.957 bits per heavy atom. The number of azo groups is 1. The molecular weight excluding hydrogens is 292 g/mol. The van der Waals surface area contributed by atoms with Gasteiger partial charge in [-0.1, -0.05) is 41.5 Å². The third-order valence-electron chi connectivity index (χ3n) is 3.30. The molecule has 8 heteroatoms. The van der Waals surface area contributed by atoms with Crippen LogP contribution in [0.25, 0.3) is 0 Å². The summed E-state index contributed by atoms with van der Waals surface area (Å²) in [6.45, 7) is 12.0. The van der Waals surface area contributed by atoms with Crippen LogP contribution in [0.3, 0.4) is 0 Å². The molecule has 8 nitrogen and oxygen atoms in total. The molecule has 0 aliphatic carbocycles. The van der Waals surface area contributed by atoms with Crippen LogP contribution in [0.4, 0.5) is 17.3 Å². The first kappa shape index (κ1) is 16.7. The maximum atomic E-state index is 9.39. The normalized spacial score (nSPS) is 12.7. The third kappa shape index (κ3) is 3.23. The number of hydrogen-bond donors (Lipinski definition) is 3. The van der Waals surface area contributed by atoms with Crippen molar-refractivity contribution in [3.05, 3.63) is 17.0 Å². The number of hydrogen-bond acceptors (Lipinski definition) is 6. The Morgan fingerprint density at radius 2 is 1.52 bits per heavy atom. The molecule has 0 unspecified atom stereocenters. The molecule has 2 rings (SSSR count). The zero-order valence-corrected chi connectivity index (χ0v) is 14.3. The number of nitriles is 1. The molecule has 0 amide bonds. The zero-order valence-electron chi connectivity index (χ0n) is 14.3. The summed E-state index contributed by atoms with van der Waals surface area (Å²) in [5, 5.41) is 31.6. The highest BCUT2D eigenvalue weighted by Gasteiger charge is 2.26. The summed E-state index contributed by atoms with van der Waals surface area (Å²) >= 11 is 0. The van der Waals surface area contributed by atoms with E-state index in [-0.39, 0.29) is 10.8 Å². The van der Waals surface area contributed by atoms with E-state index in [2.05, 4.69) is 36.7 Å². The van der Waals surface area contributed by atoms with E-state index in [1.807, 2.05) is 41.5 Å². The van der Waals surface area contributed by atoms with Crippen molar-refractivity contribution in [3.63, 3.8) is 0 Å². The monoisotopic (exact) mass is 314 g/mol. The van der Waals surface area contributed by atoms with E-state index in [4.69, 9.17) is 5.73 Å². The minimum Gasteiger partial charge on any atom is -0.382 e. The Kier molecular flexibility index (Phi) is 3.99. The highest BCUT2D eigenvalue weighted by molar-refractivity contribution is 5.62. The summed E-state index contributed by atoms with van der Waals surface area (Å²) in [5.74, 6) is 0.658. The van der Waals surface area contributed by atoms with Gasteiger partial charge in [0, 0.05) is 10.8 Å². The minimum atomic E-state index is -0.263. The van der Waals surface area contributed by atoms with Gasteiger partial charge in [-0.05, 0) is 0 Å². The fraction of sp³-hybridized carbons (Fsp3) is 0.533. The van der Waals surface area contributed by atoms with Crippen molar-refractivity contribution in [3.8, 4) is 6.07 Å². The summed E-state index contributed by atoms with van der Waals surface area (Å²) in [6, 6.07) is 2.14. The number of anilines is 1. The molecule has 0 saturated carbocycles. The lowest BCUT2D eigenvalue weighted by atomic mass is 9.90. The lowest BCUT2D eigenvalue weighted by Gasteiger charge is -2.15. The van der Waals surface area contributed by atoms with Crippen LogP contribution < -0.4 is 5.73 Å². The molecule has 2 aromatic heterocycles. The molecule has 122 valence electrons. The first-order valence-corrected chi connectivity index (χ1v) is 7.30. The fourth-order valence-corrected chi connectivity index (χ4v) is 2.13. The quantitative estimate of drug-likeness (QED) is 0.730. The topological polar surface area (TPSA) is 132 Å². The summed E-state index contributed by atoms with van der Waals surface area (Å²) in [7, 11) is 0. The highest BCUT2D eigenvalue weighted by atomic mass is 15.3. The SMILES string of the molecule is CC(C)(C)c1n[nH]c(/N=N/c2c(C(C)(C)C)n[nH]c2N)c1C#N. The second kappa shape index (κ2) is 5.50. The summed E-state index contributed by atoms with van der Waals surface area (Å²) in [5.41, 5.74) is 7.63. The minimum absolute atomic E-state index is 0.231. The maximum absolute atomic E-state index is 9.39. The van der Waals surface area contributed by atoms with Gasteiger partial charge >= 0.3 is 0 Å². The van der Waals surface area contributed by atoms with Gasteiger partial charge in [-0.15, -0.1) is 10.2 Å². The molecule has 0 spiro atoms. The van der Waals surface area contributed by atoms with Crippen molar-refractivity contribution < 1.29 is 0 Å². The van der Waals surface area contributed by atoms with E-state index >= 15 is 0 Å². The molecule has 0 radical (unpaired) electrons. The van der Waals surface area contributed by atoms with Crippen molar-refractivity contribution in [1.82, 2.24) is 20.4 Å². The van der Waals surface area contributed by atoms with E-state index in [1.54, 1.807) is 0 Å². The van der Waals surface area contributed by atoms with Gasteiger partial charge in [-0.25, -0.2) is 0 Å². The molecule has 0 bridgehead atoms. The lowest BCUT2D eigenvalue weighted by Crippen LogP contribution is -2.13. The van der Waals surface area contributed by atoms with E-state index in [0.717, 1.165) is 0 Å². The zero-order chi connectivity index (χ0) is 17.4. The number of H-pyrrole nitrogens is 2. The molecule has 0 aromatic carbocycles. The third-order valence-corrected chi connectivity index (χ3v) is 3.30. The largest absolute Gasteiger partial charge is 0.382 e. The van der Waals surface area contributed by atoms with Crippen LogP contribution >= 0.6 is 0 Å². The maximum Gasteiger partial charge on any atom is 0.188 e. The Bertz CT molecular complexity index is 774. The molecule has 4 N–H and O–H groups in total. The van der Waals surface area contributed by atoms with Crippen LogP contribution in [-0.2, 0) is 10.8 Å². The molecule has 0 saturated heterocycles. The van der Waals surface area contributed by atoms with Gasteiger partial charge in [0.2, 0.25) is 0 Å². The van der Waals surface area contributed by atoms with Crippen molar-refractivity contribution in [2.24, 2.45) is 10.2 Å². The highest BCUT2D eigenvalue weighted by Crippen LogP contribution is 2.35.